The van der Waals surface area contributed by atoms with Crippen LogP contribution >= 0.6 is 11.3 Å². The number of hydrogen-bond acceptors (Lipinski definition) is 5. The third kappa shape index (κ3) is 4.28. The standard InChI is InChI=1S/C21H20N2O3S/c1-14-19(12-16-7-9-17-18(11-16)26-13-25-17)27-21(22-14)23-20(24)10-8-15-5-3-2-4-6-15/h2-7,9,11H,8,10,12-13H2,1H3,(H,22,23,24). The molecule has 2 heterocycles. The lowest BCUT2D eigenvalue weighted by molar-refractivity contribution is -0.116. The van der Waals surface area contributed by atoms with Crippen LogP contribution in [0.5, 0.6) is 11.5 Å². The molecular weight excluding hydrogens is 360 g/mol. The third-order valence-corrected chi connectivity index (χ3v) is 5.50. The van der Waals surface area contributed by atoms with Crippen LogP contribution in [0.1, 0.15) is 28.1 Å². The zero-order valence-corrected chi connectivity index (χ0v) is 15.8. The Bertz CT molecular complexity index is 953. The van der Waals surface area contributed by atoms with Gasteiger partial charge in [-0.15, -0.1) is 11.3 Å². The third-order valence-electron chi connectivity index (χ3n) is 4.42. The van der Waals surface area contributed by atoms with E-state index in [1.807, 2.05) is 55.5 Å². The Balaban J connectivity index is 1.37. The second kappa shape index (κ2) is 7.80. The van der Waals surface area contributed by atoms with Crippen molar-refractivity contribution in [1.82, 2.24) is 4.98 Å². The lowest BCUT2D eigenvalue weighted by Crippen LogP contribution is -2.12. The summed E-state index contributed by atoms with van der Waals surface area (Å²) in [6.07, 6.45) is 1.92. The number of nitrogens with one attached hydrogen (secondary N) is 1. The van der Waals surface area contributed by atoms with Crippen LogP contribution in [-0.2, 0) is 17.6 Å². The first-order chi connectivity index (χ1) is 13.2. The molecule has 0 aliphatic carbocycles. The normalized spacial score (nSPS) is 12.2. The molecule has 1 N–H and O–H groups in total. The first-order valence-electron chi connectivity index (χ1n) is 8.86. The van der Waals surface area contributed by atoms with E-state index < -0.39 is 0 Å². The minimum Gasteiger partial charge on any atom is -0.454 e. The van der Waals surface area contributed by atoms with Crippen LogP contribution in [0.2, 0.25) is 0 Å². The lowest BCUT2D eigenvalue weighted by atomic mass is 10.1. The average molecular weight is 380 g/mol. The second-order valence-electron chi connectivity index (χ2n) is 6.43. The molecule has 0 saturated carbocycles. The summed E-state index contributed by atoms with van der Waals surface area (Å²) < 4.78 is 10.8. The molecular formula is C21H20N2O3S. The summed E-state index contributed by atoms with van der Waals surface area (Å²) >= 11 is 1.52. The Morgan fingerprint density at radius 2 is 1.93 bits per heavy atom. The molecule has 1 aromatic heterocycles. The molecule has 3 aromatic rings. The van der Waals surface area contributed by atoms with Crippen LogP contribution in [0.3, 0.4) is 0 Å². The number of thiazole rings is 1. The van der Waals surface area contributed by atoms with Gasteiger partial charge in [0.1, 0.15) is 0 Å². The van der Waals surface area contributed by atoms with E-state index >= 15 is 0 Å². The molecule has 0 unspecified atom stereocenters. The van der Waals surface area contributed by atoms with Gasteiger partial charge in [0, 0.05) is 17.7 Å². The molecule has 0 saturated heterocycles. The van der Waals surface area contributed by atoms with Crippen molar-refractivity contribution in [3.8, 4) is 11.5 Å². The van der Waals surface area contributed by atoms with Crippen molar-refractivity contribution in [1.29, 1.82) is 0 Å². The molecule has 0 bridgehead atoms. The van der Waals surface area contributed by atoms with Gasteiger partial charge in [0.05, 0.1) is 5.69 Å². The largest absolute Gasteiger partial charge is 0.454 e. The zero-order valence-electron chi connectivity index (χ0n) is 15.0. The molecule has 138 valence electrons. The van der Waals surface area contributed by atoms with Crippen molar-refractivity contribution >= 4 is 22.4 Å². The van der Waals surface area contributed by atoms with Crippen LogP contribution in [0.4, 0.5) is 5.13 Å². The topological polar surface area (TPSA) is 60.5 Å². The lowest BCUT2D eigenvalue weighted by Gasteiger charge is -2.02. The Morgan fingerprint density at radius 1 is 1.11 bits per heavy atom. The summed E-state index contributed by atoms with van der Waals surface area (Å²) in [5.41, 5.74) is 3.23. The van der Waals surface area contributed by atoms with Crippen molar-refractivity contribution in [2.24, 2.45) is 0 Å². The summed E-state index contributed by atoms with van der Waals surface area (Å²) in [4.78, 5) is 17.9. The summed E-state index contributed by atoms with van der Waals surface area (Å²) in [5.74, 6) is 1.55. The molecule has 0 fully saturated rings. The number of hydrogen-bond donors (Lipinski definition) is 1. The number of aromatic nitrogens is 1. The Morgan fingerprint density at radius 3 is 2.78 bits per heavy atom. The molecule has 6 heteroatoms. The maximum atomic E-state index is 12.2. The van der Waals surface area contributed by atoms with Gasteiger partial charge in [0.25, 0.3) is 0 Å². The highest BCUT2D eigenvalue weighted by Crippen LogP contribution is 2.34. The number of amides is 1. The fourth-order valence-corrected chi connectivity index (χ4v) is 3.98. The number of rotatable bonds is 6. The van der Waals surface area contributed by atoms with E-state index in [1.54, 1.807) is 0 Å². The number of nitrogens with zero attached hydrogens (tertiary/aromatic N) is 1. The van der Waals surface area contributed by atoms with Gasteiger partial charge in [0.2, 0.25) is 12.7 Å². The molecule has 1 aliphatic rings. The van der Waals surface area contributed by atoms with Crippen LogP contribution in [0, 0.1) is 6.92 Å². The van der Waals surface area contributed by atoms with Gasteiger partial charge in [-0.2, -0.15) is 0 Å². The number of anilines is 1. The highest BCUT2D eigenvalue weighted by Gasteiger charge is 2.15. The first-order valence-corrected chi connectivity index (χ1v) is 9.67. The van der Waals surface area contributed by atoms with Gasteiger partial charge in [-0.1, -0.05) is 36.4 Å². The summed E-state index contributed by atoms with van der Waals surface area (Å²) in [6, 6.07) is 16.0. The first kappa shape index (κ1) is 17.5. The quantitative estimate of drug-likeness (QED) is 0.691. The fraction of sp³-hybridized carbons (Fsp3) is 0.238. The molecule has 1 amide bonds. The molecule has 5 nitrogen and oxygen atoms in total. The van der Waals surface area contributed by atoms with Crippen LogP contribution < -0.4 is 14.8 Å². The zero-order chi connectivity index (χ0) is 18.6. The Labute approximate surface area is 162 Å². The Hall–Kier alpha value is -2.86. The van der Waals surface area contributed by atoms with E-state index in [-0.39, 0.29) is 12.7 Å². The van der Waals surface area contributed by atoms with E-state index in [1.165, 1.54) is 11.3 Å². The fourth-order valence-electron chi connectivity index (χ4n) is 2.97. The van der Waals surface area contributed by atoms with E-state index in [4.69, 9.17) is 9.47 Å². The van der Waals surface area contributed by atoms with Crippen molar-refractivity contribution < 1.29 is 14.3 Å². The van der Waals surface area contributed by atoms with Crippen molar-refractivity contribution in [3.05, 3.63) is 70.2 Å². The number of benzene rings is 2. The summed E-state index contributed by atoms with van der Waals surface area (Å²) in [5, 5.41) is 3.58. The SMILES string of the molecule is Cc1nc(NC(=O)CCc2ccccc2)sc1Cc1ccc2c(c1)OCO2. The van der Waals surface area contributed by atoms with Gasteiger partial charge in [-0.05, 0) is 36.6 Å². The predicted molar refractivity (Wildman–Crippen MR) is 106 cm³/mol. The minimum atomic E-state index is -0.0118. The van der Waals surface area contributed by atoms with Crippen LogP contribution in [-0.4, -0.2) is 17.7 Å². The Kier molecular flexibility index (Phi) is 5.07. The van der Waals surface area contributed by atoms with E-state index in [0.717, 1.165) is 46.0 Å². The summed E-state index contributed by atoms with van der Waals surface area (Å²) in [6.45, 7) is 2.25. The molecule has 2 aromatic carbocycles. The molecule has 1 aliphatic heterocycles. The number of carbonyl (C=O) groups excluding carboxylic acids is 1. The number of ether oxygens (including phenoxy) is 2. The molecule has 0 spiro atoms. The monoisotopic (exact) mass is 380 g/mol. The number of aryl methyl sites for hydroxylation is 2. The van der Waals surface area contributed by atoms with E-state index in [0.29, 0.717) is 11.6 Å². The summed E-state index contributed by atoms with van der Waals surface area (Å²) in [7, 11) is 0. The average Bonchev–Trinajstić information content (AvgIpc) is 3.27. The van der Waals surface area contributed by atoms with Gasteiger partial charge < -0.3 is 14.8 Å². The highest BCUT2D eigenvalue weighted by molar-refractivity contribution is 7.15. The number of fused-ring (bicyclic) bond motifs is 1. The smallest absolute Gasteiger partial charge is 0.231 e. The van der Waals surface area contributed by atoms with Gasteiger partial charge in [0.15, 0.2) is 16.6 Å². The van der Waals surface area contributed by atoms with E-state index in [9.17, 15) is 4.79 Å². The van der Waals surface area contributed by atoms with Crippen LogP contribution in [0.25, 0.3) is 0 Å². The van der Waals surface area contributed by atoms with Crippen molar-refractivity contribution in [2.75, 3.05) is 12.1 Å². The molecule has 0 radical (unpaired) electrons. The second-order valence-corrected chi connectivity index (χ2v) is 7.51. The predicted octanol–water partition coefficient (Wildman–Crippen LogP) is 4.34. The molecule has 0 atom stereocenters. The van der Waals surface area contributed by atoms with Gasteiger partial charge in [-0.3, -0.25) is 4.79 Å². The minimum absolute atomic E-state index is 0.0118. The maximum Gasteiger partial charge on any atom is 0.231 e. The molecule has 27 heavy (non-hydrogen) atoms. The van der Waals surface area contributed by atoms with Gasteiger partial charge in [-0.25, -0.2) is 4.98 Å². The maximum absolute atomic E-state index is 12.2. The van der Waals surface area contributed by atoms with Crippen molar-refractivity contribution in [3.63, 3.8) is 0 Å². The van der Waals surface area contributed by atoms with E-state index in [2.05, 4.69) is 10.3 Å². The number of carbonyl (C=O) groups is 1. The van der Waals surface area contributed by atoms with Crippen LogP contribution in [0.15, 0.2) is 48.5 Å². The van der Waals surface area contributed by atoms with Gasteiger partial charge >= 0.3 is 0 Å². The van der Waals surface area contributed by atoms with Crippen molar-refractivity contribution in [2.45, 2.75) is 26.2 Å². The highest BCUT2D eigenvalue weighted by atomic mass is 32.1. The molecule has 4 rings (SSSR count).